The highest BCUT2D eigenvalue weighted by Crippen LogP contribution is 2.41. The van der Waals surface area contributed by atoms with Crippen LogP contribution in [0.2, 0.25) is 0 Å². The van der Waals surface area contributed by atoms with E-state index in [0.717, 1.165) is 5.56 Å². The highest BCUT2D eigenvalue weighted by atomic mass is 16.6. The van der Waals surface area contributed by atoms with E-state index in [-0.39, 0.29) is 6.61 Å². The Kier molecular flexibility index (Phi) is 1.81. The second kappa shape index (κ2) is 3.05. The highest BCUT2D eigenvalue weighted by molar-refractivity contribution is 5.86. The van der Waals surface area contributed by atoms with Crippen molar-refractivity contribution in [2.24, 2.45) is 0 Å². The smallest absolute Gasteiger partial charge is 0.140 e. The van der Waals surface area contributed by atoms with Crippen LogP contribution in [0.4, 0.5) is 0 Å². The van der Waals surface area contributed by atoms with Crippen molar-refractivity contribution in [3.63, 3.8) is 0 Å². The average Bonchev–Trinajstić information content (AvgIpc) is 3.09. The molecule has 0 bridgehead atoms. The summed E-state index contributed by atoms with van der Waals surface area (Å²) in [4.78, 5) is 0. The first kappa shape index (κ1) is 8.89. The molecule has 0 spiro atoms. The van der Waals surface area contributed by atoms with E-state index in [1.165, 1.54) is 10.8 Å². The zero-order valence-electron chi connectivity index (χ0n) is 8.31. The van der Waals surface area contributed by atoms with Crippen LogP contribution >= 0.6 is 0 Å². The Morgan fingerprint density at radius 1 is 1.13 bits per heavy atom. The second-order valence-electron chi connectivity index (χ2n) is 3.97. The summed E-state index contributed by atoms with van der Waals surface area (Å²) in [7, 11) is 0. The standard InChI is InChI=1S/C13H12O2/c14-8-13(9-15-13)12-7-3-5-10-4-1-2-6-11(10)12/h1-7,14H,8-9H2. The number of aliphatic hydroxyl groups is 1. The second-order valence-corrected chi connectivity index (χ2v) is 3.97. The molecule has 76 valence electrons. The third kappa shape index (κ3) is 1.26. The number of aliphatic hydroxyl groups excluding tert-OH is 1. The topological polar surface area (TPSA) is 32.8 Å². The maximum atomic E-state index is 9.34. The first-order chi connectivity index (χ1) is 7.36. The lowest BCUT2D eigenvalue weighted by Crippen LogP contribution is -2.14. The minimum absolute atomic E-state index is 0.0566. The summed E-state index contributed by atoms with van der Waals surface area (Å²) in [5.74, 6) is 0. The van der Waals surface area contributed by atoms with Gasteiger partial charge in [0, 0.05) is 0 Å². The number of fused-ring (bicyclic) bond motifs is 1. The molecule has 0 saturated carbocycles. The van der Waals surface area contributed by atoms with E-state index in [9.17, 15) is 5.11 Å². The fraction of sp³-hybridized carbons (Fsp3) is 0.231. The van der Waals surface area contributed by atoms with E-state index in [1.54, 1.807) is 0 Å². The van der Waals surface area contributed by atoms with Gasteiger partial charge in [0.1, 0.15) is 5.60 Å². The van der Waals surface area contributed by atoms with E-state index in [0.29, 0.717) is 6.61 Å². The Morgan fingerprint density at radius 3 is 2.60 bits per heavy atom. The van der Waals surface area contributed by atoms with Crippen molar-refractivity contribution in [2.45, 2.75) is 5.60 Å². The lowest BCUT2D eigenvalue weighted by molar-refractivity contribution is 0.174. The van der Waals surface area contributed by atoms with Gasteiger partial charge in [0.05, 0.1) is 13.2 Å². The molecule has 3 rings (SSSR count). The van der Waals surface area contributed by atoms with Crippen molar-refractivity contribution in [1.29, 1.82) is 0 Å². The molecule has 2 nitrogen and oxygen atoms in total. The first-order valence-corrected chi connectivity index (χ1v) is 5.09. The highest BCUT2D eigenvalue weighted by Gasteiger charge is 2.46. The molecule has 1 aliphatic rings. The number of hydrogen-bond acceptors (Lipinski definition) is 2. The molecule has 1 N–H and O–H groups in total. The molecule has 0 aromatic heterocycles. The largest absolute Gasteiger partial charge is 0.393 e. The lowest BCUT2D eigenvalue weighted by atomic mass is 9.94. The number of hydrogen-bond donors (Lipinski definition) is 1. The van der Waals surface area contributed by atoms with Crippen molar-refractivity contribution in [1.82, 2.24) is 0 Å². The van der Waals surface area contributed by atoms with E-state index >= 15 is 0 Å². The van der Waals surface area contributed by atoms with Crippen molar-refractivity contribution < 1.29 is 9.84 Å². The third-order valence-electron chi connectivity index (χ3n) is 3.03. The molecule has 1 aliphatic heterocycles. The van der Waals surface area contributed by atoms with Crippen LogP contribution in [0.1, 0.15) is 5.56 Å². The van der Waals surface area contributed by atoms with Crippen LogP contribution in [0.3, 0.4) is 0 Å². The van der Waals surface area contributed by atoms with Crippen molar-refractivity contribution >= 4 is 10.8 Å². The summed E-state index contributed by atoms with van der Waals surface area (Å²) in [5.41, 5.74) is 0.670. The zero-order valence-corrected chi connectivity index (χ0v) is 8.31. The van der Waals surface area contributed by atoms with Crippen LogP contribution in [-0.2, 0) is 10.3 Å². The number of epoxide rings is 1. The number of rotatable bonds is 2. The Balaban J connectivity index is 2.27. The normalized spacial score (nSPS) is 24.3. The van der Waals surface area contributed by atoms with Gasteiger partial charge in [-0.25, -0.2) is 0 Å². The lowest BCUT2D eigenvalue weighted by Gasteiger charge is -2.11. The maximum Gasteiger partial charge on any atom is 0.140 e. The zero-order chi connectivity index (χ0) is 10.3. The molecule has 1 heterocycles. The molecular weight excluding hydrogens is 188 g/mol. The Bertz CT molecular complexity index is 495. The van der Waals surface area contributed by atoms with Crippen LogP contribution in [-0.4, -0.2) is 18.3 Å². The molecule has 0 radical (unpaired) electrons. The molecule has 1 saturated heterocycles. The Hall–Kier alpha value is -1.38. The molecule has 15 heavy (non-hydrogen) atoms. The van der Waals surface area contributed by atoms with Gasteiger partial charge in [-0.15, -0.1) is 0 Å². The monoisotopic (exact) mass is 200 g/mol. The minimum atomic E-state index is -0.430. The molecule has 0 amide bonds. The number of benzene rings is 2. The molecule has 1 fully saturated rings. The van der Waals surface area contributed by atoms with Crippen molar-refractivity contribution in [3.8, 4) is 0 Å². The Morgan fingerprint density at radius 2 is 1.87 bits per heavy atom. The van der Waals surface area contributed by atoms with Gasteiger partial charge in [-0.2, -0.15) is 0 Å². The molecule has 0 aliphatic carbocycles. The molecule has 1 atom stereocenters. The fourth-order valence-corrected chi connectivity index (χ4v) is 2.04. The van der Waals surface area contributed by atoms with E-state index in [1.807, 2.05) is 24.3 Å². The van der Waals surface area contributed by atoms with E-state index in [2.05, 4.69) is 18.2 Å². The third-order valence-corrected chi connectivity index (χ3v) is 3.03. The first-order valence-electron chi connectivity index (χ1n) is 5.09. The summed E-state index contributed by atoms with van der Waals surface area (Å²) in [6.07, 6.45) is 0. The summed E-state index contributed by atoms with van der Waals surface area (Å²) >= 11 is 0. The van der Waals surface area contributed by atoms with E-state index in [4.69, 9.17) is 4.74 Å². The Labute approximate surface area is 88.1 Å². The molecule has 2 heteroatoms. The summed E-state index contributed by atoms with van der Waals surface area (Å²) in [6.45, 7) is 0.679. The molecule has 1 unspecified atom stereocenters. The average molecular weight is 200 g/mol. The maximum absolute atomic E-state index is 9.34. The predicted octanol–water partition coefficient (Wildman–Crippen LogP) is 2.06. The quantitative estimate of drug-likeness (QED) is 0.752. The van der Waals surface area contributed by atoms with Gasteiger partial charge in [-0.05, 0) is 16.3 Å². The molecular formula is C13H12O2. The molecule has 2 aromatic carbocycles. The summed E-state index contributed by atoms with van der Waals surface area (Å²) < 4.78 is 5.39. The van der Waals surface area contributed by atoms with Crippen LogP contribution < -0.4 is 0 Å². The van der Waals surface area contributed by atoms with Gasteiger partial charge >= 0.3 is 0 Å². The summed E-state index contributed by atoms with van der Waals surface area (Å²) in [5, 5.41) is 11.7. The van der Waals surface area contributed by atoms with Gasteiger partial charge < -0.3 is 9.84 Å². The van der Waals surface area contributed by atoms with Crippen molar-refractivity contribution in [3.05, 3.63) is 48.0 Å². The molecule has 2 aromatic rings. The fourth-order valence-electron chi connectivity index (χ4n) is 2.04. The summed E-state index contributed by atoms with van der Waals surface area (Å²) in [6, 6.07) is 14.3. The van der Waals surface area contributed by atoms with Gasteiger partial charge in [-0.3, -0.25) is 0 Å². The van der Waals surface area contributed by atoms with Gasteiger partial charge in [0.2, 0.25) is 0 Å². The van der Waals surface area contributed by atoms with Gasteiger partial charge in [0.15, 0.2) is 0 Å². The van der Waals surface area contributed by atoms with Crippen molar-refractivity contribution in [2.75, 3.05) is 13.2 Å². The SMILES string of the molecule is OCC1(c2cccc3ccccc23)CO1. The van der Waals surface area contributed by atoms with Gasteiger partial charge in [0.25, 0.3) is 0 Å². The van der Waals surface area contributed by atoms with Crippen LogP contribution in [0.15, 0.2) is 42.5 Å². The number of ether oxygens (including phenoxy) is 1. The minimum Gasteiger partial charge on any atom is -0.393 e. The predicted molar refractivity (Wildman–Crippen MR) is 58.7 cm³/mol. The van der Waals surface area contributed by atoms with Crippen LogP contribution in [0, 0.1) is 0 Å². The van der Waals surface area contributed by atoms with Crippen LogP contribution in [0.25, 0.3) is 10.8 Å². The van der Waals surface area contributed by atoms with Gasteiger partial charge in [-0.1, -0.05) is 42.5 Å². The van der Waals surface area contributed by atoms with E-state index < -0.39 is 5.60 Å². The van der Waals surface area contributed by atoms with Crippen LogP contribution in [0.5, 0.6) is 0 Å².